The Morgan fingerprint density at radius 2 is 2.14 bits per heavy atom. The van der Waals surface area contributed by atoms with Crippen LogP contribution in [0.4, 0.5) is 0 Å². The fraction of sp³-hybridized carbons (Fsp3) is 0.286. The molecule has 1 aliphatic heterocycles. The monoisotopic (exact) mass is 287 g/mol. The van der Waals surface area contributed by atoms with Gasteiger partial charge in [-0.1, -0.05) is 0 Å². The molecule has 0 radical (unpaired) electrons. The Balaban J connectivity index is 2.11. The Labute approximate surface area is 119 Å². The van der Waals surface area contributed by atoms with E-state index in [1.165, 1.54) is 13.3 Å². The second-order valence-electron chi connectivity index (χ2n) is 4.81. The SMILES string of the molecule is COc1ccc2cnn(C3CCC(=O)NC3=O)c(=O)c2c1. The number of aromatic nitrogens is 2. The summed E-state index contributed by atoms with van der Waals surface area (Å²) in [5.74, 6) is -0.268. The van der Waals surface area contributed by atoms with Crippen LogP contribution in [0.25, 0.3) is 10.8 Å². The number of methoxy groups -OCH3 is 1. The van der Waals surface area contributed by atoms with Gasteiger partial charge in [0.2, 0.25) is 5.91 Å². The Bertz CT molecular complexity index is 796. The van der Waals surface area contributed by atoms with Crippen LogP contribution in [0.2, 0.25) is 0 Å². The maximum Gasteiger partial charge on any atom is 0.275 e. The molecule has 1 aromatic carbocycles. The van der Waals surface area contributed by atoms with Crippen LogP contribution in [0.1, 0.15) is 18.9 Å². The molecule has 3 rings (SSSR count). The van der Waals surface area contributed by atoms with Gasteiger partial charge in [0.1, 0.15) is 11.8 Å². The molecule has 108 valence electrons. The number of benzene rings is 1. The summed E-state index contributed by atoms with van der Waals surface area (Å²) in [4.78, 5) is 35.5. The van der Waals surface area contributed by atoms with Gasteiger partial charge in [0.05, 0.1) is 18.7 Å². The highest BCUT2D eigenvalue weighted by Crippen LogP contribution is 2.20. The number of carbonyl (C=O) groups is 2. The fourth-order valence-electron chi connectivity index (χ4n) is 2.40. The number of amides is 2. The van der Waals surface area contributed by atoms with E-state index in [1.54, 1.807) is 18.2 Å². The Morgan fingerprint density at radius 1 is 1.33 bits per heavy atom. The summed E-state index contributed by atoms with van der Waals surface area (Å²) in [6.07, 6.45) is 1.99. The summed E-state index contributed by atoms with van der Waals surface area (Å²) in [5.41, 5.74) is -0.374. The van der Waals surface area contributed by atoms with Crippen molar-refractivity contribution in [1.29, 1.82) is 0 Å². The zero-order valence-corrected chi connectivity index (χ0v) is 11.3. The highest BCUT2D eigenvalue weighted by Gasteiger charge is 2.29. The van der Waals surface area contributed by atoms with Crippen LogP contribution >= 0.6 is 0 Å². The summed E-state index contributed by atoms with van der Waals surface area (Å²) in [5, 5.41) is 7.37. The van der Waals surface area contributed by atoms with E-state index in [2.05, 4.69) is 10.4 Å². The Morgan fingerprint density at radius 3 is 2.86 bits per heavy atom. The number of nitrogens with one attached hydrogen (secondary N) is 1. The minimum Gasteiger partial charge on any atom is -0.497 e. The number of ether oxygens (including phenoxy) is 1. The van der Waals surface area contributed by atoms with Crippen molar-refractivity contribution in [3.8, 4) is 5.75 Å². The first-order chi connectivity index (χ1) is 10.1. The molecule has 21 heavy (non-hydrogen) atoms. The first-order valence-corrected chi connectivity index (χ1v) is 6.49. The van der Waals surface area contributed by atoms with E-state index in [0.29, 0.717) is 16.5 Å². The molecule has 0 spiro atoms. The minimum atomic E-state index is -0.759. The first kappa shape index (κ1) is 13.3. The van der Waals surface area contributed by atoms with Gasteiger partial charge in [-0.3, -0.25) is 19.7 Å². The molecule has 1 unspecified atom stereocenters. The smallest absolute Gasteiger partial charge is 0.275 e. The van der Waals surface area contributed by atoms with Crippen LogP contribution in [0.3, 0.4) is 0 Å². The zero-order valence-electron chi connectivity index (χ0n) is 11.3. The van der Waals surface area contributed by atoms with Crippen LogP contribution < -0.4 is 15.6 Å². The van der Waals surface area contributed by atoms with Gasteiger partial charge < -0.3 is 4.74 Å². The molecule has 7 nitrogen and oxygen atoms in total. The number of rotatable bonds is 2. The standard InChI is InChI=1S/C14H13N3O4/c1-21-9-3-2-8-7-15-17(14(20)10(8)6-9)11-4-5-12(18)16-13(11)19/h2-3,6-7,11H,4-5H2,1H3,(H,16,18,19). The average molecular weight is 287 g/mol. The van der Waals surface area contributed by atoms with Crippen molar-refractivity contribution in [2.75, 3.05) is 7.11 Å². The lowest BCUT2D eigenvalue weighted by Crippen LogP contribution is -2.45. The zero-order chi connectivity index (χ0) is 15.0. The van der Waals surface area contributed by atoms with E-state index < -0.39 is 11.9 Å². The van der Waals surface area contributed by atoms with Gasteiger partial charge >= 0.3 is 0 Å². The van der Waals surface area contributed by atoms with Crippen LogP contribution in [-0.4, -0.2) is 28.7 Å². The number of fused-ring (bicyclic) bond motifs is 1. The number of piperidine rings is 1. The van der Waals surface area contributed by atoms with E-state index in [0.717, 1.165) is 4.68 Å². The van der Waals surface area contributed by atoms with Crippen LogP contribution in [0.5, 0.6) is 5.75 Å². The third-order valence-corrected chi connectivity index (χ3v) is 3.53. The quantitative estimate of drug-likeness (QED) is 0.807. The fourth-order valence-corrected chi connectivity index (χ4v) is 2.40. The highest BCUT2D eigenvalue weighted by atomic mass is 16.5. The number of nitrogens with zero attached hydrogens (tertiary/aromatic N) is 2. The van der Waals surface area contributed by atoms with Crippen LogP contribution in [-0.2, 0) is 9.59 Å². The molecule has 1 N–H and O–H groups in total. The summed E-state index contributed by atoms with van der Waals surface area (Å²) in [6.45, 7) is 0. The lowest BCUT2D eigenvalue weighted by atomic mass is 10.1. The predicted molar refractivity (Wildman–Crippen MR) is 74.0 cm³/mol. The third-order valence-electron chi connectivity index (χ3n) is 3.53. The van der Waals surface area contributed by atoms with E-state index in [9.17, 15) is 14.4 Å². The number of hydrogen-bond acceptors (Lipinski definition) is 5. The molecule has 1 atom stereocenters. The molecule has 2 amide bonds. The van der Waals surface area contributed by atoms with Crippen molar-refractivity contribution >= 4 is 22.6 Å². The second-order valence-corrected chi connectivity index (χ2v) is 4.81. The second kappa shape index (κ2) is 5.01. The minimum absolute atomic E-state index is 0.195. The summed E-state index contributed by atoms with van der Waals surface area (Å²) in [7, 11) is 1.51. The van der Waals surface area contributed by atoms with E-state index in [1.807, 2.05) is 0 Å². The Hall–Kier alpha value is -2.70. The summed E-state index contributed by atoms with van der Waals surface area (Å²) in [6, 6.07) is 4.32. The van der Waals surface area contributed by atoms with Crippen molar-refractivity contribution in [3.63, 3.8) is 0 Å². The lowest BCUT2D eigenvalue weighted by molar-refractivity contribution is -0.136. The molecule has 1 aromatic heterocycles. The molecule has 2 heterocycles. The third kappa shape index (κ3) is 2.26. The van der Waals surface area contributed by atoms with Crippen molar-refractivity contribution in [3.05, 3.63) is 34.7 Å². The molecular weight excluding hydrogens is 274 g/mol. The van der Waals surface area contributed by atoms with E-state index in [4.69, 9.17) is 4.74 Å². The van der Waals surface area contributed by atoms with Gasteiger partial charge in [-0.2, -0.15) is 5.10 Å². The number of imide groups is 1. The molecule has 0 aliphatic carbocycles. The molecule has 1 aliphatic rings. The van der Waals surface area contributed by atoms with Gasteiger partial charge in [-0.15, -0.1) is 0 Å². The van der Waals surface area contributed by atoms with Gasteiger partial charge in [-0.05, 0) is 24.6 Å². The van der Waals surface area contributed by atoms with Gasteiger partial charge in [0.15, 0.2) is 0 Å². The molecule has 1 saturated heterocycles. The lowest BCUT2D eigenvalue weighted by Gasteiger charge is -2.21. The molecule has 2 aromatic rings. The maximum atomic E-state index is 12.5. The highest BCUT2D eigenvalue weighted by molar-refractivity contribution is 5.99. The van der Waals surface area contributed by atoms with Crippen molar-refractivity contribution in [2.45, 2.75) is 18.9 Å². The topological polar surface area (TPSA) is 90.3 Å². The summed E-state index contributed by atoms with van der Waals surface area (Å²) >= 11 is 0. The molecule has 0 bridgehead atoms. The number of hydrogen-bond donors (Lipinski definition) is 1. The van der Waals surface area contributed by atoms with Crippen LogP contribution in [0, 0.1) is 0 Å². The van der Waals surface area contributed by atoms with Crippen molar-refractivity contribution in [1.82, 2.24) is 15.1 Å². The van der Waals surface area contributed by atoms with Gasteiger partial charge in [-0.25, -0.2) is 4.68 Å². The normalized spacial score (nSPS) is 18.6. The van der Waals surface area contributed by atoms with E-state index >= 15 is 0 Å². The largest absolute Gasteiger partial charge is 0.497 e. The Kier molecular flexibility index (Phi) is 3.17. The van der Waals surface area contributed by atoms with E-state index in [-0.39, 0.29) is 24.3 Å². The summed E-state index contributed by atoms with van der Waals surface area (Å²) < 4.78 is 6.23. The van der Waals surface area contributed by atoms with Gasteiger partial charge in [0.25, 0.3) is 11.5 Å². The molecule has 0 saturated carbocycles. The first-order valence-electron chi connectivity index (χ1n) is 6.49. The molecule has 7 heteroatoms. The van der Waals surface area contributed by atoms with Crippen molar-refractivity contribution < 1.29 is 14.3 Å². The maximum absolute atomic E-state index is 12.5. The average Bonchev–Trinajstić information content (AvgIpc) is 2.48. The van der Waals surface area contributed by atoms with Crippen LogP contribution in [0.15, 0.2) is 29.2 Å². The predicted octanol–water partition coefficient (Wildman–Crippen LogP) is 0.383. The molecular formula is C14H13N3O4. The van der Waals surface area contributed by atoms with Crippen molar-refractivity contribution in [2.24, 2.45) is 0 Å². The number of carbonyl (C=O) groups excluding carboxylic acids is 2. The van der Waals surface area contributed by atoms with Gasteiger partial charge in [0, 0.05) is 11.8 Å². The molecule has 1 fully saturated rings.